The van der Waals surface area contributed by atoms with Crippen molar-refractivity contribution in [3.8, 4) is 44.5 Å². The van der Waals surface area contributed by atoms with E-state index in [2.05, 4.69) is 420 Å². The lowest BCUT2D eigenvalue weighted by Crippen LogP contribution is -2.64. The van der Waals surface area contributed by atoms with Crippen LogP contribution in [-0.2, 0) is 0 Å². The lowest BCUT2D eigenvalue weighted by atomic mass is 9.31. The molecule has 0 aliphatic carbocycles. The molecule has 0 radical (unpaired) electrons. The molecule has 0 saturated heterocycles. The minimum atomic E-state index is -0.201. The number of anilines is 15. The third-order valence-corrected chi connectivity index (χ3v) is 22.7. The Bertz CT molecular complexity index is 6020. The van der Waals surface area contributed by atoms with Gasteiger partial charge < -0.3 is 24.5 Å². The van der Waals surface area contributed by atoms with E-state index in [1.807, 2.05) is 11.8 Å². The minimum Gasteiger partial charge on any atom is -0.311 e. The third-order valence-electron chi connectivity index (χ3n) is 21.6. The average Bonchev–Trinajstić information content (AvgIpc) is 0.685. The van der Waals surface area contributed by atoms with Gasteiger partial charge in [-0.05, 0) is 159 Å². The summed E-state index contributed by atoms with van der Waals surface area (Å²) in [7, 11) is 0. The van der Waals surface area contributed by atoms with Gasteiger partial charge in [0.15, 0.2) is 0 Å². The number of rotatable bonds is 13. The van der Waals surface area contributed by atoms with Crippen LogP contribution < -0.4 is 57.3 Å². The highest BCUT2D eigenvalue weighted by atomic mass is 32.2. The second-order valence-electron chi connectivity index (χ2n) is 27.5. The molecule has 0 aromatic heterocycles. The molecule has 0 amide bonds. The number of nitrogens with zero attached hydrogens (tertiary/aromatic N) is 5. The number of hydrogen-bond donors (Lipinski definition) is 0. The van der Waals surface area contributed by atoms with E-state index in [1.165, 1.54) is 48.1 Å². The lowest BCUT2D eigenvalue weighted by molar-refractivity contribution is 1.21. The first-order valence-electron chi connectivity index (χ1n) is 36.2. The van der Waals surface area contributed by atoms with Gasteiger partial charge in [-0.1, -0.05) is 308 Å². The summed E-state index contributed by atoms with van der Waals surface area (Å²) in [6.07, 6.45) is 0. The molecule has 5 nitrogen and oxygen atoms in total. The van der Waals surface area contributed by atoms with Crippen molar-refractivity contribution in [3.63, 3.8) is 0 Å². The molecule has 0 unspecified atom stereocenters. The molecule has 0 fully saturated rings. The first kappa shape index (κ1) is 61.8. The predicted octanol–water partition coefficient (Wildman–Crippen LogP) is 22.4. The largest absolute Gasteiger partial charge is 0.311 e. The zero-order chi connectivity index (χ0) is 69.5. The number of fused-ring (bicyclic) bond motifs is 8. The molecule has 0 bridgehead atoms. The normalized spacial score (nSPS) is 12.7. The van der Waals surface area contributed by atoms with Gasteiger partial charge in [-0.15, -0.1) is 0 Å². The number of hydrogen-bond acceptors (Lipinski definition) is 6. The summed E-state index contributed by atoms with van der Waals surface area (Å²) >= 11 is 1.91. The smallest absolute Gasteiger partial charge is 0.252 e. The summed E-state index contributed by atoms with van der Waals surface area (Å²) in [4.78, 5) is 15.2. The molecule has 105 heavy (non-hydrogen) atoms. The number of para-hydroxylation sites is 9. The van der Waals surface area contributed by atoms with Gasteiger partial charge in [-0.2, -0.15) is 0 Å². The molecule has 492 valence electrons. The van der Waals surface area contributed by atoms with Crippen LogP contribution in [0.25, 0.3) is 44.5 Å². The van der Waals surface area contributed by atoms with E-state index < -0.39 is 0 Å². The Morgan fingerprint density at radius 3 is 1.04 bits per heavy atom. The van der Waals surface area contributed by atoms with E-state index in [0.717, 1.165) is 130 Å². The standard InChI is InChI=1S/C97H67B2N5S/c1-66-34-20-27-53-83(66)102-90-65-94-82(99-80-52-26-33-59-89(80)104(87-57-31-24-50-78(87)70-41-14-5-15-42-70)93-62-74(63-95(105-94)97(93)99)101(72-45-18-7-19-46-72)85-55-29-22-48-76(85)68-37-10-3-11-38-68)64-81(90)98-79-51-25-32-58-88(79)103(86-56-30-23-49-77(86)69-39-12-4-13-40-69)92-61-73(60-91(102)96(92)98)100(71-43-16-6-17-44-71)84-54-28-21-47-75(84)67-35-8-2-9-36-67/h2-65H,1H3. The number of benzene rings is 16. The van der Waals surface area contributed by atoms with Gasteiger partial charge in [-0.25, -0.2) is 0 Å². The van der Waals surface area contributed by atoms with Crippen LogP contribution in [0.3, 0.4) is 0 Å². The molecule has 0 N–H and O–H groups in total. The van der Waals surface area contributed by atoms with Crippen LogP contribution in [0.1, 0.15) is 5.56 Å². The SMILES string of the molecule is Cc1ccccc1N1c2cc3c(cc2B2c4ccccc4N(c4ccccc4-c4ccccc4)c4cc(N(c5ccccc5)c5ccccc5-c5ccccc5)cc1c42)B1c2ccccc2N(c2ccccc2-c2ccccc2)c2cc(N(c4ccccc4)c4ccccc4-c4ccccc4)cc(c21)S3. The average molecular weight is 1360 g/mol. The maximum atomic E-state index is 2.66. The Hall–Kier alpha value is -13.0. The van der Waals surface area contributed by atoms with E-state index in [0.29, 0.717) is 0 Å². The Morgan fingerprint density at radius 2 is 0.571 bits per heavy atom. The number of aryl methyl sites for hydroxylation is 1. The van der Waals surface area contributed by atoms with Crippen molar-refractivity contribution < 1.29 is 0 Å². The molecular weight excluding hydrogens is 1290 g/mol. The Kier molecular flexibility index (Phi) is 15.2. The van der Waals surface area contributed by atoms with Crippen LogP contribution in [-0.4, -0.2) is 13.4 Å². The summed E-state index contributed by atoms with van der Waals surface area (Å²) < 4.78 is 0. The fourth-order valence-electron chi connectivity index (χ4n) is 17.1. The van der Waals surface area contributed by atoms with E-state index in [-0.39, 0.29) is 13.4 Å². The van der Waals surface area contributed by atoms with E-state index in [1.54, 1.807) is 0 Å². The molecule has 0 atom stereocenters. The van der Waals surface area contributed by atoms with Crippen molar-refractivity contribution in [2.75, 3.05) is 24.5 Å². The van der Waals surface area contributed by atoms with E-state index >= 15 is 0 Å². The van der Waals surface area contributed by atoms with Crippen LogP contribution in [0.2, 0.25) is 0 Å². The van der Waals surface area contributed by atoms with E-state index in [9.17, 15) is 0 Å². The van der Waals surface area contributed by atoms with Crippen LogP contribution in [0, 0.1) is 6.92 Å². The fourth-order valence-corrected chi connectivity index (χ4v) is 18.3. The summed E-state index contributed by atoms with van der Waals surface area (Å²) in [5.74, 6) is 0. The lowest BCUT2D eigenvalue weighted by Gasteiger charge is -2.46. The first-order valence-corrected chi connectivity index (χ1v) is 37.0. The van der Waals surface area contributed by atoms with E-state index in [4.69, 9.17) is 0 Å². The molecule has 4 aliphatic rings. The Labute approximate surface area is 618 Å². The topological polar surface area (TPSA) is 16.2 Å². The second kappa shape index (κ2) is 25.8. The molecule has 16 aromatic carbocycles. The van der Waals surface area contributed by atoms with Crippen molar-refractivity contribution in [3.05, 3.63) is 394 Å². The molecule has 4 heterocycles. The minimum absolute atomic E-state index is 0.156. The summed E-state index contributed by atoms with van der Waals surface area (Å²) in [6, 6.07) is 144. The third kappa shape index (κ3) is 10.3. The van der Waals surface area contributed by atoms with Crippen molar-refractivity contribution in [1.82, 2.24) is 0 Å². The van der Waals surface area contributed by atoms with Gasteiger partial charge >= 0.3 is 0 Å². The Morgan fingerprint density at radius 1 is 0.229 bits per heavy atom. The zero-order valence-corrected chi connectivity index (χ0v) is 58.6. The van der Waals surface area contributed by atoms with Gasteiger partial charge in [0.05, 0.1) is 28.4 Å². The quantitative estimate of drug-likeness (QED) is 0.106. The van der Waals surface area contributed by atoms with Crippen LogP contribution in [0.5, 0.6) is 0 Å². The van der Waals surface area contributed by atoms with Crippen molar-refractivity contribution in [2.24, 2.45) is 0 Å². The second-order valence-corrected chi connectivity index (χ2v) is 28.6. The van der Waals surface area contributed by atoms with Crippen molar-refractivity contribution in [2.45, 2.75) is 16.7 Å². The van der Waals surface area contributed by atoms with Gasteiger partial charge in [0.1, 0.15) is 0 Å². The monoisotopic (exact) mass is 1360 g/mol. The highest BCUT2D eigenvalue weighted by Crippen LogP contribution is 2.54. The summed E-state index contributed by atoms with van der Waals surface area (Å²) in [5, 5.41) is 0. The summed E-state index contributed by atoms with van der Waals surface area (Å²) in [6.45, 7) is 1.92. The van der Waals surface area contributed by atoms with Gasteiger partial charge in [-0.3, -0.25) is 0 Å². The van der Waals surface area contributed by atoms with Gasteiger partial charge in [0.2, 0.25) is 6.71 Å². The van der Waals surface area contributed by atoms with Gasteiger partial charge in [0.25, 0.3) is 6.71 Å². The highest BCUT2D eigenvalue weighted by Gasteiger charge is 2.48. The van der Waals surface area contributed by atoms with Crippen molar-refractivity contribution in [1.29, 1.82) is 0 Å². The zero-order valence-electron chi connectivity index (χ0n) is 57.7. The van der Waals surface area contributed by atoms with Crippen molar-refractivity contribution >= 4 is 143 Å². The molecule has 0 spiro atoms. The molecule has 8 heteroatoms. The molecule has 4 aliphatic heterocycles. The predicted molar refractivity (Wildman–Crippen MR) is 446 cm³/mol. The van der Waals surface area contributed by atoms with Crippen LogP contribution >= 0.6 is 11.8 Å². The highest BCUT2D eigenvalue weighted by molar-refractivity contribution is 8.00. The molecule has 20 rings (SSSR count). The molecule has 16 aromatic rings. The maximum Gasteiger partial charge on any atom is 0.252 e. The molecular formula is C97H67B2N5S. The van der Waals surface area contributed by atoms with Gasteiger partial charge in [0, 0.05) is 88.9 Å². The van der Waals surface area contributed by atoms with Crippen LogP contribution in [0.4, 0.5) is 85.3 Å². The first-order chi connectivity index (χ1) is 52.1. The maximum absolute atomic E-state index is 2.66. The fraction of sp³-hybridized carbons (Fsp3) is 0.0103. The Balaban J connectivity index is 0.877. The van der Waals surface area contributed by atoms with Crippen LogP contribution in [0.15, 0.2) is 398 Å². The summed E-state index contributed by atoms with van der Waals surface area (Å²) in [5.41, 5.74) is 34.6. The molecule has 0 saturated carbocycles.